The van der Waals surface area contributed by atoms with Crippen LogP contribution in [0.3, 0.4) is 0 Å². The van der Waals surface area contributed by atoms with Gasteiger partial charge in [0.05, 0.1) is 0 Å². The highest BCUT2D eigenvalue weighted by Crippen LogP contribution is 2.21. The van der Waals surface area contributed by atoms with E-state index in [0.29, 0.717) is 12.5 Å². The third kappa shape index (κ3) is 1.70. The predicted molar refractivity (Wildman–Crippen MR) is 41.8 cm³/mol. The lowest BCUT2D eigenvalue weighted by molar-refractivity contribution is 0.143. The van der Waals surface area contributed by atoms with E-state index in [1.165, 1.54) is 12.8 Å². The first-order valence-corrected chi connectivity index (χ1v) is 4.20. The number of rotatable bonds is 2. The molecular formula is C8H17NO. The summed E-state index contributed by atoms with van der Waals surface area (Å²) in [6.45, 7) is 4.70. The fraction of sp³-hybridized carbons (Fsp3) is 1.00. The minimum atomic E-state index is 0.353. The van der Waals surface area contributed by atoms with Gasteiger partial charge in [-0.15, -0.1) is 0 Å². The molecule has 0 aliphatic carbocycles. The normalized spacial score (nSPS) is 34.2. The van der Waals surface area contributed by atoms with E-state index in [0.717, 1.165) is 19.0 Å². The Morgan fingerprint density at radius 1 is 1.50 bits per heavy atom. The van der Waals surface area contributed by atoms with Gasteiger partial charge in [0.1, 0.15) is 0 Å². The third-order valence-corrected chi connectivity index (χ3v) is 2.52. The van der Waals surface area contributed by atoms with Crippen LogP contribution in [0, 0.1) is 11.8 Å². The maximum Gasteiger partial charge on any atom is 0.0474 e. The Hall–Kier alpha value is -0.0800. The molecule has 0 amide bonds. The molecule has 1 fully saturated rings. The van der Waals surface area contributed by atoms with Crippen molar-refractivity contribution in [2.75, 3.05) is 19.7 Å². The maximum atomic E-state index is 8.95. The van der Waals surface area contributed by atoms with Crippen molar-refractivity contribution in [3.05, 3.63) is 0 Å². The zero-order valence-electron chi connectivity index (χ0n) is 6.64. The Balaban J connectivity index is 2.34. The molecule has 0 spiro atoms. The van der Waals surface area contributed by atoms with Gasteiger partial charge >= 0.3 is 0 Å². The van der Waals surface area contributed by atoms with Gasteiger partial charge in [-0.3, -0.25) is 0 Å². The van der Waals surface area contributed by atoms with Crippen LogP contribution < -0.4 is 5.32 Å². The number of hydrogen-bond acceptors (Lipinski definition) is 2. The molecule has 2 nitrogen and oxygen atoms in total. The average Bonchev–Trinajstić information content (AvgIpc) is 2.04. The Labute approximate surface area is 62.6 Å². The van der Waals surface area contributed by atoms with E-state index >= 15 is 0 Å². The minimum Gasteiger partial charge on any atom is -0.396 e. The molecule has 2 atom stereocenters. The van der Waals surface area contributed by atoms with E-state index in [-0.39, 0.29) is 0 Å². The van der Waals surface area contributed by atoms with Crippen LogP contribution in [0.4, 0.5) is 0 Å². The Morgan fingerprint density at radius 3 is 2.80 bits per heavy atom. The van der Waals surface area contributed by atoms with E-state index in [4.69, 9.17) is 5.11 Å². The van der Waals surface area contributed by atoms with Crippen molar-refractivity contribution in [1.29, 1.82) is 0 Å². The zero-order valence-corrected chi connectivity index (χ0v) is 6.64. The highest BCUT2D eigenvalue weighted by Gasteiger charge is 2.21. The Kier molecular flexibility index (Phi) is 3.16. The molecule has 2 heteroatoms. The maximum absolute atomic E-state index is 8.95. The van der Waals surface area contributed by atoms with Crippen molar-refractivity contribution < 1.29 is 5.11 Å². The molecule has 1 rings (SSSR count). The summed E-state index contributed by atoms with van der Waals surface area (Å²) in [6.07, 6.45) is 2.45. The fourth-order valence-corrected chi connectivity index (χ4v) is 1.73. The molecule has 0 aromatic heterocycles. The van der Waals surface area contributed by atoms with Crippen molar-refractivity contribution in [3.8, 4) is 0 Å². The first-order chi connectivity index (χ1) is 4.88. The largest absolute Gasteiger partial charge is 0.396 e. The summed E-state index contributed by atoms with van der Waals surface area (Å²) in [5.41, 5.74) is 0. The zero-order chi connectivity index (χ0) is 7.40. The van der Waals surface area contributed by atoms with E-state index in [9.17, 15) is 0 Å². The summed E-state index contributed by atoms with van der Waals surface area (Å²) >= 11 is 0. The molecule has 0 bridgehead atoms. The highest BCUT2D eigenvalue weighted by molar-refractivity contribution is 4.76. The van der Waals surface area contributed by atoms with Crippen molar-refractivity contribution >= 4 is 0 Å². The van der Waals surface area contributed by atoms with Gasteiger partial charge in [0.15, 0.2) is 0 Å². The topological polar surface area (TPSA) is 32.3 Å². The van der Waals surface area contributed by atoms with E-state index in [1.54, 1.807) is 0 Å². The molecule has 1 heterocycles. The second-order valence-electron chi connectivity index (χ2n) is 3.10. The van der Waals surface area contributed by atoms with Gasteiger partial charge in [-0.2, -0.15) is 0 Å². The Bertz CT molecular complexity index is 83.3. The monoisotopic (exact) mass is 143 g/mol. The smallest absolute Gasteiger partial charge is 0.0474 e. The summed E-state index contributed by atoms with van der Waals surface area (Å²) in [5, 5.41) is 12.2. The quantitative estimate of drug-likeness (QED) is 0.593. The van der Waals surface area contributed by atoms with E-state index < -0.39 is 0 Å². The molecule has 1 aliphatic rings. The molecule has 0 aromatic carbocycles. The van der Waals surface area contributed by atoms with Crippen LogP contribution in [-0.4, -0.2) is 24.8 Å². The van der Waals surface area contributed by atoms with Gasteiger partial charge in [-0.1, -0.05) is 13.3 Å². The predicted octanol–water partition coefficient (Wildman–Crippen LogP) is 0.614. The van der Waals surface area contributed by atoms with Crippen molar-refractivity contribution in [2.24, 2.45) is 11.8 Å². The van der Waals surface area contributed by atoms with Gasteiger partial charge in [0, 0.05) is 13.2 Å². The van der Waals surface area contributed by atoms with Crippen molar-refractivity contribution in [1.82, 2.24) is 5.32 Å². The SMILES string of the molecule is CCC1CCNCC1CO. The lowest BCUT2D eigenvalue weighted by Crippen LogP contribution is -2.38. The summed E-state index contributed by atoms with van der Waals surface area (Å²) in [4.78, 5) is 0. The van der Waals surface area contributed by atoms with Crippen molar-refractivity contribution in [3.63, 3.8) is 0 Å². The van der Waals surface area contributed by atoms with E-state index in [1.807, 2.05) is 0 Å². The standard InChI is InChI=1S/C8H17NO/c1-2-7-3-4-9-5-8(7)6-10/h7-10H,2-6H2,1H3. The van der Waals surface area contributed by atoms with Crippen molar-refractivity contribution in [2.45, 2.75) is 19.8 Å². The summed E-state index contributed by atoms with van der Waals surface area (Å²) in [6, 6.07) is 0. The van der Waals surface area contributed by atoms with Gasteiger partial charge < -0.3 is 10.4 Å². The first-order valence-electron chi connectivity index (χ1n) is 4.20. The Morgan fingerprint density at radius 2 is 2.30 bits per heavy atom. The molecule has 1 saturated heterocycles. The molecule has 60 valence electrons. The number of nitrogens with one attached hydrogen (secondary N) is 1. The number of piperidine rings is 1. The van der Waals surface area contributed by atoms with Gasteiger partial charge in [0.25, 0.3) is 0 Å². The van der Waals surface area contributed by atoms with Crippen LogP contribution in [0.25, 0.3) is 0 Å². The molecule has 2 unspecified atom stereocenters. The van der Waals surface area contributed by atoms with Gasteiger partial charge in [-0.05, 0) is 24.8 Å². The number of aliphatic hydroxyl groups is 1. The molecular weight excluding hydrogens is 126 g/mol. The lowest BCUT2D eigenvalue weighted by atomic mass is 9.85. The summed E-state index contributed by atoms with van der Waals surface area (Å²) in [7, 11) is 0. The molecule has 0 aromatic rings. The summed E-state index contributed by atoms with van der Waals surface area (Å²) in [5.74, 6) is 1.27. The van der Waals surface area contributed by atoms with Crippen LogP contribution in [-0.2, 0) is 0 Å². The highest BCUT2D eigenvalue weighted by atomic mass is 16.3. The lowest BCUT2D eigenvalue weighted by Gasteiger charge is -2.29. The van der Waals surface area contributed by atoms with Crippen LogP contribution in [0.2, 0.25) is 0 Å². The van der Waals surface area contributed by atoms with Gasteiger partial charge in [-0.25, -0.2) is 0 Å². The fourth-order valence-electron chi connectivity index (χ4n) is 1.73. The number of aliphatic hydroxyl groups excluding tert-OH is 1. The number of hydrogen-bond donors (Lipinski definition) is 2. The summed E-state index contributed by atoms with van der Waals surface area (Å²) < 4.78 is 0. The minimum absolute atomic E-state index is 0.353. The average molecular weight is 143 g/mol. The third-order valence-electron chi connectivity index (χ3n) is 2.52. The van der Waals surface area contributed by atoms with Crippen LogP contribution in [0.5, 0.6) is 0 Å². The molecule has 0 saturated carbocycles. The molecule has 0 radical (unpaired) electrons. The van der Waals surface area contributed by atoms with Crippen LogP contribution in [0.1, 0.15) is 19.8 Å². The van der Waals surface area contributed by atoms with Gasteiger partial charge in [0.2, 0.25) is 0 Å². The van der Waals surface area contributed by atoms with E-state index in [2.05, 4.69) is 12.2 Å². The van der Waals surface area contributed by atoms with Crippen LogP contribution >= 0.6 is 0 Å². The molecule has 10 heavy (non-hydrogen) atoms. The molecule has 2 N–H and O–H groups in total. The first kappa shape index (κ1) is 8.02. The second-order valence-corrected chi connectivity index (χ2v) is 3.10. The molecule has 1 aliphatic heterocycles. The van der Waals surface area contributed by atoms with Crippen LogP contribution in [0.15, 0.2) is 0 Å². The second kappa shape index (κ2) is 3.94.